The summed E-state index contributed by atoms with van der Waals surface area (Å²) in [4.78, 5) is 4.12. The van der Waals surface area contributed by atoms with E-state index in [9.17, 15) is 4.21 Å². The largest absolute Gasteiger partial charge is 0.368 e. The molecular weight excluding hydrogens is 252 g/mol. The van der Waals surface area contributed by atoms with Gasteiger partial charge in [-0.05, 0) is 28.1 Å². The van der Waals surface area contributed by atoms with E-state index in [-0.39, 0.29) is 0 Å². The van der Waals surface area contributed by atoms with E-state index in [2.05, 4.69) is 26.2 Å². The van der Waals surface area contributed by atoms with E-state index < -0.39 is 10.8 Å². The molecular formula is C8H11BrN2OS. The fourth-order valence-electron chi connectivity index (χ4n) is 0.829. The number of halogens is 1. The van der Waals surface area contributed by atoms with Gasteiger partial charge in [0, 0.05) is 35.5 Å². The third-order valence-electron chi connectivity index (χ3n) is 1.44. The summed E-state index contributed by atoms with van der Waals surface area (Å²) in [5.74, 6) is 1.44. The lowest BCUT2D eigenvalue weighted by atomic mass is 10.4. The van der Waals surface area contributed by atoms with Crippen LogP contribution in [0.4, 0.5) is 5.82 Å². The van der Waals surface area contributed by atoms with E-state index in [1.54, 1.807) is 12.5 Å². The molecule has 1 aromatic rings. The van der Waals surface area contributed by atoms with Crippen LogP contribution in [-0.2, 0) is 10.8 Å². The molecule has 0 fully saturated rings. The summed E-state index contributed by atoms with van der Waals surface area (Å²) in [6.45, 7) is 0.679. The van der Waals surface area contributed by atoms with E-state index in [0.717, 1.165) is 10.3 Å². The lowest BCUT2D eigenvalue weighted by molar-refractivity contribution is 0.687. The van der Waals surface area contributed by atoms with Crippen LogP contribution in [0.15, 0.2) is 22.8 Å². The molecule has 1 unspecified atom stereocenters. The minimum Gasteiger partial charge on any atom is -0.368 e. The predicted molar refractivity (Wildman–Crippen MR) is 59.4 cm³/mol. The van der Waals surface area contributed by atoms with Gasteiger partial charge in [-0.2, -0.15) is 0 Å². The van der Waals surface area contributed by atoms with Crippen molar-refractivity contribution in [3.05, 3.63) is 22.8 Å². The minimum absolute atomic E-state index is 0.642. The van der Waals surface area contributed by atoms with Crippen molar-refractivity contribution in [1.82, 2.24) is 4.98 Å². The lowest BCUT2D eigenvalue weighted by Crippen LogP contribution is -2.10. The summed E-state index contributed by atoms with van der Waals surface area (Å²) in [5.41, 5.74) is 0. The Morgan fingerprint density at radius 3 is 3.08 bits per heavy atom. The normalized spacial score (nSPS) is 12.5. The van der Waals surface area contributed by atoms with Crippen LogP contribution >= 0.6 is 15.9 Å². The molecule has 3 nitrogen and oxygen atoms in total. The second kappa shape index (κ2) is 5.34. The molecule has 0 amide bonds. The molecule has 72 valence electrons. The van der Waals surface area contributed by atoms with Crippen LogP contribution in [0.3, 0.4) is 0 Å². The van der Waals surface area contributed by atoms with Crippen molar-refractivity contribution >= 4 is 32.5 Å². The maximum atomic E-state index is 10.8. The molecule has 1 atom stereocenters. The van der Waals surface area contributed by atoms with Crippen molar-refractivity contribution in [1.29, 1.82) is 0 Å². The first kappa shape index (κ1) is 10.7. The standard InChI is InChI=1S/C8H11BrN2OS/c1-13(12)6-5-11-8-7(9)3-2-4-10-8/h2-4H,5-6H2,1H3,(H,10,11). The van der Waals surface area contributed by atoms with Gasteiger partial charge in [0.2, 0.25) is 0 Å². The summed E-state index contributed by atoms with van der Waals surface area (Å²) < 4.78 is 11.7. The number of anilines is 1. The molecule has 0 spiro atoms. The Kier molecular flexibility index (Phi) is 4.38. The topological polar surface area (TPSA) is 42.0 Å². The fraction of sp³-hybridized carbons (Fsp3) is 0.375. The Balaban J connectivity index is 2.45. The molecule has 0 radical (unpaired) electrons. The van der Waals surface area contributed by atoms with Crippen molar-refractivity contribution in [3.8, 4) is 0 Å². The van der Waals surface area contributed by atoms with Crippen molar-refractivity contribution in [2.75, 3.05) is 23.9 Å². The van der Waals surface area contributed by atoms with Crippen LogP contribution in [0.25, 0.3) is 0 Å². The molecule has 1 heterocycles. The fourth-order valence-corrected chi connectivity index (χ4v) is 1.61. The van der Waals surface area contributed by atoms with Gasteiger partial charge >= 0.3 is 0 Å². The van der Waals surface area contributed by atoms with Crippen molar-refractivity contribution in [2.24, 2.45) is 0 Å². The zero-order valence-corrected chi connectivity index (χ0v) is 9.69. The second-order valence-corrected chi connectivity index (χ2v) is 4.95. The van der Waals surface area contributed by atoms with Gasteiger partial charge in [0.05, 0.1) is 4.47 Å². The molecule has 0 saturated heterocycles. The molecule has 5 heteroatoms. The molecule has 1 N–H and O–H groups in total. The third-order valence-corrected chi connectivity index (χ3v) is 2.86. The molecule has 0 aliphatic carbocycles. The molecule has 1 rings (SSSR count). The lowest BCUT2D eigenvalue weighted by Gasteiger charge is -2.05. The zero-order valence-electron chi connectivity index (χ0n) is 7.29. The number of rotatable bonds is 4. The maximum Gasteiger partial charge on any atom is 0.140 e. The number of nitrogens with zero attached hydrogens (tertiary/aromatic N) is 1. The summed E-state index contributed by atoms with van der Waals surface area (Å²) >= 11 is 3.36. The summed E-state index contributed by atoms with van der Waals surface area (Å²) in [6.07, 6.45) is 3.41. The van der Waals surface area contributed by atoms with Gasteiger partial charge in [0.1, 0.15) is 5.82 Å². The van der Waals surface area contributed by atoms with E-state index in [0.29, 0.717) is 12.3 Å². The molecule has 0 bridgehead atoms. The van der Waals surface area contributed by atoms with Crippen LogP contribution in [0.5, 0.6) is 0 Å². The van der Waals surface area contributed by atoms with Crippen LogP contribution in [0, 0.1) is 0 Å². The Hall–Kier alpha value is -0.420. The first-order valence-corrected chi connectivity index (χ1v) is 6.36. The van der Waals surface area contributed by atoms with Crippen LogP contribution in [0.1, 0.15) is 0 Å². The number of hydrogen-bond donors (Lipinski definition) is 1. The van der Waals surface area contributed by atoms with Crippen LogP contribution in [-0.4, -0.2) is 27.7 Å². The number of pyridine rings is 1. The van der Waals surface area contributed by atoms with Crippen LogP contribution < -0.4 is 5.32 Å². The van der Waals surface area contributed by atoms with E-state index in [4.69, 9.17) is 0 Å². The summed E-state index contributed by atoms with van der Waals surface area (Å²) in [6, 6.07) is 3.77. The first-order chi connectivity index (χ1) is 6.20. The molecule has 0 aliphatic heterocycles. The third kappa shape index (κ3) is 3.87. The van der Waals surface area contributed by atoms with Gasteiger partial charge in [-0.25, -0.2) is 4.98 Å². The molecule has 0 aliphatic rings. The van der Waals surface area contributed by atoms with Gasteiger partial charge in [-0.15, -0.1) is 0 Å². The average molecular weight is 263 g/mol. The first-order valence-electron chi connectivity index (χ1n) is 3.84. The highest BCUT2D eigenvalue weighted by Gasteiger charge is 1.98. The molecule has 13 heavy (non-hydrogen) atoms. The predicted octanol–water partition coefficient (Wildman–Crippen LogP) is 1.63. The number of aromatic nitrogens is 1. The van der Waals surface area contributed by atoms with Crippen molar-refractivity contribution < 1.29 is 4.21 Å². The van der Waals surface area contributed by atoms with E-state index >= 15 is 0 Å². The van der Waals surface area contributed by atoms with Crippen molar-refractivity contribution in [2.45, 2.75) is 0 Å². The summed E-state index contributed by atoms with van der Waals surface area (Å²) in [7, 11) is -0.751. The van der Waals surface area contributed by atoms with Gasteiger partial charge in [0.15, 0.2) is 0 Å². The van der Waals surface area contributed by atoms with E-state index in [1.807, 2.05) is 12.1 Å². The van der Waals surface area contributed by atoms with Gasteiger partial charge in [-0.1, -0.05) is 0 Å². The van der Waals surface area contributed by atoms with Gasteiger partial charge in [0.25, 0.3) is 0 Å². The Bertz CT molecular complexity index is 306. The Morgan fingerprint density at radius 1 is 1.69 bits per heavy atom. The van der Waals surface area contributed by atoms with Gasteiger partial charge in [-0.3, -0.25) is 4.21 Å². The minimum atomic E-state index is -0.751. The Morgan fingerprint density at radius 2 is 2.46 bits per heavy atom. The quantitative estimate of drug-likeness (QED) is 0.897. The molecule has 0 saturated carbocycles. The Labute approximate surface area is 88.5 Å². The van der Waals surface area contributed by atoms with Gasteiger partial charge < -0.3 is 5.32 Å². The maximum absolute atomic E-state index is 10.8. The van der Waals surface area contributed by atoms with Crippen LogP contribution in [0.2, 0.25) is 0 Å². The smallest absolute Gasteiger partial charge is 0.140 e. The highest BCUT2D eigenvalue weighted by molar-refractivity contribution is 9.10. The second-order valence-electron chi connectivity index (χ2n) is 2.54. The van der Waals surface area contributed by atoms with E-state index in [1.165, 1.54) is 0 Å². The molecule has 0 aromatic carbocycles. The molecule has 1 aromatic heterocycles. The SMILES string of the molecule is CS(=O)CCNc1ncccc1Br. The number of nitrogens with one attached hydrogen (secondary N) is 1. The monoisotopic (exact) mass is 262 g/mol. The average Bonchev–Trinajstić information content (AvgIpc) is 2.08. The summed E-state index contributed by atoms with van der Waals surface area (Å²) in [5, 5.41) is 3.09. The number of hydrogen-bond acceptors (Lipinski definition) is 3. The highest BCUT2D eigenvalue weighted by atomic mass is 79.9. The zero-order chi connectivity index (χ0) is 9.68. The van der Waals surface area contributed by atoms with Crippen molar-refractivity contribution in [3.63, 3.8) is 0 Å². The highest BCUT2D eigenvalue weighted by Crippen LogP contribution is 2.17.